The fourth-order valence-corrected chi connectivity index (χ4v) is 4.18. The van der Waals surface area contributed by atoms with Gasteiger partial charge in [-0.15, -0.1) is 0 Å². The van der Waals surface area contributed by atoms with Gasteiger partial charge >= 0.3 is 10.2 Å². The maximum Gasteiger partial charge on any atom is 0.326 e. The van der Waals surface area contributed by atoms with Crippen molar-refractivity contribution in [2.45, 2.75) is 19.6 Å². The minimum Gasteiger partial charge on any atom is -0.487 e. The van der Waals surface area contributed by atoms with Crippen LogP contribution < -0.4 is 13.8 Å². The lowest BCUT2D eigenvalue weighted by Crippen LogP contribution is -2.29. The molecule has 0 bridgehead atoms. The Morgan fingerprint density at radius 1 is 1.10 bits per heavy atom. The highest BCUT2D eigenvalue weighted by molar-refractivity contribution is 7.92. The number of anilines is 1. The molecular weight excluding hydrogens is 394 g/mol. The second kappa shape index (κ2) is 7.92. The number of benzene rings is 2. The zero-order valence-corrected chi connectivity index (χ0v) is 16.2. The molecule has 29 heavy (non-hydrogen) atoms. The van der Waals surface area contributed by atoms with E-state index in [1.165, 1.54) is 6.33 Å². The molecule has 0 saturated carbocycles. The minimum atomic E-state index is -3.92. The van der Waals surface area contributed by atoms with E-state index in [1.807, 2.05) is 41.1 Å². The van der Waals surface area contributed by atoms with Crippen LogP contribution in [0.4, 0.5) is 5.69 Å². The van der Waals surface area contributed by atoms with Crippen LogP contribution in [0.2, 0.25) is 0 Å². The molecule has 2 aromatic carbocycles. The lowest BCUT2D eigenvalue weighted by molar-refractivity contribution is -0.117. The molecule has 0 atom stereocenters. The van der Waals surface area contributed by atoms with Crippen LogP contribution in [-0.4, -0.2) is 35.6 Å². The van der Waals surface area contributed by atoms with Gasteiger partial charge in [0.15, 0.2) is 0 Å². The van der Waals surface area contributed by atoms with Crippen molar-refractivity contribution in [1.29, 1.82) is 0 Å². The second-order valence-corrected chi connectivity index (χ2v) is 8.12. The Kier molecular flexibility index (Phi) is 5.17. The topological polar surface area (TPSA) is 106 Å². The molecule has 1 N–H and O–H groups in total. The van der Waals surface area contributed by atoms with Gasteiger partial charge in [0.05, 0.1) is 5.69 Å². The number of ether oxygens (including phenoxy) is 1. The van der Waals surface area contributed by atoms with Gasteiger partial charge in [-0.2, -0.15) is 13.5 Å². The van der Waals surface area contributed by atoms with Crippen LogP contribution in [0.5, 0.6) is 5.75 Å². The van der Waals surface area contributed by atoms with Crippen LogP contribution in [0, 0.1) is 0 Å². The summed E-state index contributed by atoms with van der Waals surface area (Å²) in [4.78, 5) is 15.6. The highest BCUT2D eigenvalue weighted by Crippen LogP contribution is 2.33. The Balaban J connectivity index is 1.61. The molecule has 3 aromatic rings. The van der Waals surface area contributed by atoms with E-state index in [0.29, 0.717) is 24.4 Å². The van der Waals surface area contributed by atoms with Gasteiger partial charge in [-0.1, -0.05) is 36.4 Å². The van der Waals surface area contributed by atoms with E-state index in [9.17, 15) is 13.2 Å². The molecule has 1 aliphatic rings. The van der Waals surface area contributed by atoms with Crippen molar-refractivity contribution in [3.63, 3.8) is 0 Å². The summed E-state index contributed by atoms with van der Waals surface area (Å²) in [7, 11) is -3.92. The van der Waals surface area contributed by atoms with Crippen molar-refractivity contribution in [2.75, 3.05) is 10.8 Å². The van der Waals surface area contributed by atoms with Crippen molar-refractivity contribution in [3.8, 4) is 5.75 Å². The largest absolute Gasteiger partial charge is 0.487 e. The monoisotopic (exact) mass is 413 g/mol. The average molecular weight is 413 g/mol. The Hall–Kier alpha value is -3.40. The number of rotatable bonds is 7. The lowest BCUT2D eigenvalue weighted by atomic mass is 10.1. The molecule has 1 saturated heterocycles. The van der Waals surface area contributed by atoms with Crippen LogP contribution in [0.15, 0.2) is 61.2 Å². The first kappa shape index (κ1) is 18.9. The number of carbonyl (C=O) groups excluding carboxylic acids is 1. The average Bonchev–Trinajstić information content (AvgIpc) is 3.32. The zero-order valence-electron chi connectivity index (χ0n) is 15.4. The predicted molar refractivity (Wildman–Crippen MR) is 105 cm³/mol. The molecule has 0 unspecified atom stereocenters. The maximum absolute atomic E-state index is 12.3. The summed E-state index contributed by atoms with van der Waals surface area (Å²) in [6.07, 6.45) is 3.77. The Labute approximate surface area is 168 Å². The summed E-state index contributed by atoms with van der Waals surface area (Å²) in [6, 6.07) is 14.8. The molecule has 2 heterocycles. The quantitative estimate of drug-likeness (QED) is 0.625. The van der Waals surface area contributed by atoms with Crippen molar-refractivity contribution in [1.82, 2.24) is 19.5 Å². The van der Waals surface area contributed by atoms with Gasteiger partial charge in [-0.3, -0.25) is 9.48 Å². The Morgan fingerprint density at radius 3 is 2.62 bits per heavy atom. The number of hydrogen-bond acceptors (Lipinski definition) is 6. The van der Waals surface area contributed by atoms with Crippen LogP contribution in [0.1, 0.15) is 11.1 Å². The summed E-state index contributed by atoms with van der Waals surface area (Å²) < 4.78 is 35.3. The molecule has 4 rings (SSSR count). The molecule has 0 aliphatic carbocycles. The molecule has 0 spiro atoms. The van der Waals surface area contributed by atoms with E-state index in [0.717, 1.165) is 15.4 Å². The Morgan fingerprint density at radius 2 is 1.93 bits per heavy atom. The molecule has 1 fully saturated rings. The predicted octanol–water partition coefficient (Wildman–Crippen LogP) is 1.28. The van der Waals surface area contributed by atoms with Gasteiger partial charge in [-0.25, -0.2) is 14.0 Å². The highest BCUT2D eigenvalue weighted by atomic mass is 32.2. The van der Waals surface area contributed by atoms with E-state index in [-0.39, 0.29) is 13.2 Å². The number of amides is 1. The maximum atomic E-state index is 12.3. The molecular formula is C19H19N5O4S. The van der Waals surface area contributed by atoms with Crippen LogP contribution in [0.3, 0.4) is 0 Å². The SMILES string of the molecule is O=C1CN(c2ccc(CCn3cncn3)cc2OCc2ccccc2)S(=O)(=O)N1. The standard InChI is InChI=1S/C19H19N5O4S/c25-19-11-24(29(26,27)22-19)17-7-6-15(8-9-23-14-20-13-21-23)10-18(17)28-12-16-4-2-1-3-5-16/h1-7,10,13-14H,8-9,11-12H2,(H,22,25). The molecule has 1 aliphatic heterocycles. The first-order valence-corrected chi connectivity index (χ1v) is 10.4. The van der Waals surface area contributed by atoms with Gasteiger partial charge in [-0.05, 0) is 29.7 Å². The third-order valence-electron chi connectivity index (χ3n) is 4.45. The molecule has 10 heteroatoms. The zero-order chi connectivity index (χ0) is 20.3. The Bertz CT molecular complexity index is 1100. The minimum absolute atomic E-state index is 0.273. The van der Waals surface area contributed by atoms with Crippen LogP contribution in [-0.2, 0) is 34.6 Å². The summed E-state index contributed by atoms with van der Waals surface area (Å²) in [6.45, 7) is 0.623. The van der Waals surface area contributed by atoms with Crippen molar-refractivity contribution >= 4 is 21.8 Å². The van der Waals surface area contributed by atoms with Gasteiger partial charge in [0.1, 0.15) is 31.6 Å². The summed E-state index contributed by atoms with van der Waals surface area (Å²) in [5.41, 5.74) is 2.22. The molecule has 1 amide bonds. The second-order valence-electron chi connectivity index (χ2n) is 6.52. The van der Waals surface area contributed by atoms with E-state index in [1.54, 1.807) is 23.1 Å². The number of hydrogen-bond donors (Lipinski definition) is 1. The van der Waals surface area contributed by atoms with Gasteiger partial charge in [0.25, 0.3) is 5.91 Å². The smallest absolute Gasteiger partial charge is 0.326 e. The lowest BCUT2D eigenvalue weighted by Gasteiger charge is -2.20. The fraction of sp³-hybridized carbons (Fsp3) is 0.211. The fourth-order valence-electron chi connectivity index (χ4n) is 3.02. The van der Waals surface area contributed by atoms with Gasteiger partial charge in [0.2, 0.25) is 0 Å². The first-order chi connectivity index (χ1) is 14.0. The molecule has 9 nitrogen and oxygen atoms in total. The van der Waals surface area contributed by atoms with Crippen molar-refractivity contribution < 1.29 is 17.9 Å². The molecule has 150 valence electrons. The summed E-state index contributed by atoms with van der Waals surface area (Å²) in [5, 5.41) is 4.08. The third kappa shape index (κ3) is 4.37. The van der Waals surface area contributed by atoms with E-state index < -0.39 is 16.1 Å². The van der Waals surface area contributed by atoms with E-state index in [4.69, 9.17) is 4.74 Å². The number of nitrogens with one attached hydrogen (secondary N) is 1. The normalized spacial score (nSPS) is 15.3. The number of carbonyl (C=O) groups is 1. The van der Waals surface area contributed by atoms with Gasteiger partial charge in [0, 0.05) is 6.54 Å². The summed E-state index contributed by atoms with van der Waals surface area (Å²) >= 11 is 0. The number of aromatic nitrogens is 3. The summed E-state index contributed by atoms with van der Waals surface area (Å²) in [5.74, 6) is -0.181. The van der Waals surface area contributed by atoms with Crippen LogP contribution >= 0.6 is 0 Å². The highest BCUT2D eigenvalue weighted by Gasteiger charge is 2.35. The first-order valence-electron chi connectivity index (χ1n) is 8.97. The number of nitrogens with zero attached hydrogens (tertiary/aromatic N) is 4. The third-order valence-corrected chi connectivity index (χ3v) is 5.84. The van der Waals surface area contributed by atoms with Crippen molar-refractivity contribution in [2.24, 2.45) is 0 Å². The van der Waals surface area contributed by atoms with Crippen LogP contribution in [0.25, 0.3) is 0 Å². The van der Waals surface area contributed by atoms with E-state index in [2.05, 4.69) is 10.1 Å². The van der Waals surface area contributed by atoms with Crippen molar-refractivity contribution in [3.05, 3.63) is 72.3 Å². The van der Waals surface area contributed by atoms with E-state index >= 15 is 0 Å². The molecule has 0 radical (unpaired) electrons. The molecule has 1 aromatic heterocycles. The number of aryl methyl sites for hydroxylation is 2. The van der Waals surface area contributed by atoms with Gasteiger partial charge < -0.3 is 4.74 Å².